The second-order valence-corrected chi connectivity index (χ2v) is 1.57. The van der Waals surface area contributed by atoms with Crippen molar-refractivity contribution in [3.63, 3.8) is 0 Å². The van der Waals surface area contributed by atoms with E-state index < -0.39 is 24.1 Å². The van der Waals surface area contributed by atoms with Crippen LogP contribution in [0.15, 0.2) is 0 Å². The molecular weight excluding hydrogens is 388 g/mol. The minimum absolute atomic E-state index is 0. The standard InChI is InChI=1S/C4H6O6.Bi.ClH.3H/c5-1(3(7)8)2(6)4(9)10;;;;;/h1-2,5-6H,(H,7,8)(H,9,10);;1H;;;. The second kappa shape index (κ2) is 7.67. The van der Waals surface area contributed by atoms with E-state index in [4.69, 9.17) is 20.4 Å². The summed E-state index contributed by atoms with van der Waals surface area (Å²) in [6.07, 6.45) is -4.53. The normalized spacial score (nSPS) is 13.2. The number of carboxylic acid groups (broad SMARTS) is 2. The van der Waals surface area contributed by atoms with E-state index in [9.17, 15) is 9.59 Å². The molecule has 8 heteroatoms. The van der Waals surface area contributed by atoms with E-state index in [0.29, 0.717) is 0 Å². The predicted octanol–water partition coefficient (Wildman–Crippen LogP) is -2.88. The molecule has 0 saturated carbocycles. The zero-order chi connectivity index (χ0) is 8.31. The van der Waals surface area contributed by atoms with Crippen LogP contribution in [-0.2, 0) is 9.59 Å². The van der Waals surface area contributed by atoms with Gasteiger partial charge in [-0.1, -0.05) is 0 Å². The molecule has 0 aromatic carbocycles. The Morgan fingerprint density at radius 1 is 0.917 bits per heavy atom. The van der Waals surface area contributed by atoms with Gasteiger partial charge in [0.1, 0.15) is 0 Å². The molecule has 12 heavy (non-hydrogen) atoms. The van der Waals surface area contributed by atoms with Crippen molar-refractivity contribution >= 4 is 50.5 Å². The zero-order valence-electron chi connectivity index (χ0n) is 5.88. The third-order valence-corrected chi connectivity index (χ3v) is 0.805. The summed E-state index contributed by atoms with van der Waals surface area (Å²) in [7, 11) is 0. The summed E-state index contributed by atoms with van der Waals surface area (Å²) >= 11 is 0. The topological polar surface area (TPSA) is 115 Å². The Hall–Kier alpha value is 0.0331. The fraction of sp³-hybridized carbons (Fsp3) is 0.500. The van der Waals surface area contributed by atoms with Gasteiger partial charge >= 0.3 is 38.1 Å². The molecule has 0 aliphatic rings. The third kappa shape index (κ3) is 5.65. The van der Waals surface area contributed by atoms with Gasteiger partial charge < -0.3 is 20.4 Å². The van der Waals surface area contributed by atoms with Crippen LogP contribution in [-0.4, -0.2) is 70.8 Å². The molecule has 0 amide bonds. The fourth-order valence-corrected chi connectivity index (χ4v) is 0.270. The predicted molar refractivity (Wildman–Crippen MR) is 44.5 cm³/mol. The van der Waals surface area contributed by atoms with Crippen molar-refractivity contribution in [2.24, 2.45) is 0 Å². The monoisotopic (exact) mass is 398 g/mol. The first-order valence-electron chi connectivity index (χ1n) is 2.28. The van der Waals surface area contributed by atoms with Crippen LogP contribution in [0.4, 0.5) is 0 Å². The first-order chi connectivity index (χ1) is 4.46. The van der Waals surface area contributed by atoms with Crippen molar-refractivity contribution in [3.8, 4) is 0 Å². The van der Waals surface area contributed by atoms with Crippen molar-refractivity contribution in [3.05, 3.63) is 0 Å². The van der Waals surface area contributed by atoms with Crippen molar-refractivity contribution in [1.29, 1.82) is 0 Å². The molecule has 2 unspecified atom stereocenters. The summed E-state index contributed by atoms with van der Waals surface area (Å²) in [5.74, 6) is -3.54. The van der Waals surface area contributed by atoms with Crippen molar-refractivity contribution in [2.45, 2.75) is 12.2 Å². The number of carbonyl (C=O) groups is 2. The summed E-state index contributed by atoms with van der Waals surface area (Å²) in [4.78, 5) is 19.5. The van der Waals surface area contributed by atoms with E-state index in [-0.39, 0.29) is 38.6 Å². The van der Waals surface area contributed by atoms with Crippen LogP contribution in [0.2, 0.25) is 0 Å². The third-order valence-electron chi connectivity index (χ3n) is 0.805. The number of rotatable bonds is 3. The SMILES string of the molecule is Cl.O=C(O)C(O)C(O)C(=O)O.[BiH3]. The second-order valence-electron chi connectivity index (χ2n) is 1.57. The minimum atomic E-state index is -2.27. The Morgan fingerprint density at radius 3 is 1.17 bits per heavy atom. The van der Waals surface area contributed by atoms with E-state index in [1.807, 2.05) is 0 Å². The van der Waals surface area contributed by atoms with Gasteiger partial charge in [0, 0.05) is 0 Å². The average molecular weight is 399 g/mol. The molecule has 74 valence electrons. The molecule has 0 saturated heterocycles. The molecule has 2 atom stereocenters. The quantitative estimate of drug-likeness (QED) is 0.380. The average Bonchev–Trinajstić information content (AvgIpc) is 1.84. The molecule has 0 aliphatic carbocycles. The van der Waals surface area contributed by atoms with Gasteiger partial charge in [0.05, 0.1) is 0 Å². The summed E-state index contributed by atoms with van der Waals surface area (Å²) in [5, 5.41) is 32.5. The van der Waals surface area contributed by atoms with E-state index >= 15 is 0 Å². The summed E-state index contributed by atoms with van der Waals surface area (Å²) in [6.45, 7) is 0. The molecule has 0 aromatic rings. The molecule has 0 fully saturated rings. The first kappa shape index (κ1) is 18.0. The van der Waals surface area contributed by atoms with E-state index in [1.165, 1.54) is 0 Å². The number of hydrogen-bond donors (Lipinski definition) is 4. The number of halogens is 1. The molecular formula is C4H10BiClO6. The molecule has 0 rings (SSSR count). The molecule has 0 aliphatic heterocycles. The molecule has 0 spiro atoms. The van der Waals surface area contributed by atoms with Crippen LogP contribution in [0, 0.1) is 0 Å². The van der Waals surface area contributed by atoms with Crippen LogP contribution in [0.1, 0.15) is 0 Å². The van der Waals surface area contributed by atoms with Gasteiger partial charge in [-0.05, 0) is 0 Å². The summed E-state index contributed by atoms with van der Waals surface area (Å²) < 4.78 is 0. The molecule has 0 heterocycles. The molecule has 4 N–H and O–H groups in total. The molecule has 0 bridgehead atoms. The fourth-order valence-electron chi connectivity index (χ4n) is 0.270. The van der Waals surface area contributed by atoms with Gasteiger partial charge in [0.15, 0.2) is 12.2 Å². The Morgan fingerprint density at radius 2 is 1.08 bits per heavy atom. The molecule has 0 aromatic heterocycles. The van der Waals surface area contributed by atoms with Crippen LogP contribution < -0.4 is 0 Å². The van der Waals surface area contributed by atoms with Gasteiger partial charge in [0.2, 0.25) is 0 Å². The Labute approximate surface area is 92.7 Å². The van der Waals surface area contributed by atoms with Crippen LogP contribution in [0.5, 0.6) is 0 Å². The van der Waals surface area contributed by atoms with Crippen molar-refractivity contribution in [2.75, 3.05) is 0 Å². The summed E-state index contributed by atoms with van der Waals surface area (Å²) in [6, 6.07) is 0. The summed E-state index contributed by atoms with van der Waals surface area (Å²) in [5.41, 5.74) is 0. The Balaban J connectivity index is -0.000000405. The molecule has 0 radical (unpaired) electrons. The number of aliphatic hydroxyl groups is 2. The molecule has 6 nitrogen and oxygen atoms in total. The maximum absolute atomic E-state index is 9.77. The van der Waals surface area contributed by atoms with E-state index in [2.05, 4.69) is 0 Å². The number of hydrogen-bond acceptors (Lipinski definition) is 4. The van der Waals surface area contributed by atoms with Gasteiger partial charge in [-0.3, -0.25) is 0 Å². The first-order valence-corrected chi connectivity index (χ1v) is 2.28. The van der Waals surface area contributed by atoms with Gasteiger partial charge in [-0.15, -0.1) is 12.4 Å². The van der Waals surface area contributed by atoms with E-state index in [1.54, 1.807) is 0 Å². The van der Waals surface area contributed by atoms with Crippen molar-refractivity contribution < 1.29 is 30.0 Å². The van der Waals surface area contributed by atoms with Gasteiger partial charge in [-0.25, -0.2) is 9.59 Å². The maximum atomic E-state index is 9.77. The van der Waals surface area contributed by atoms with Crippen molar-refractivity contribution in [1.82, 2.24) is 0 Å². The van der Waals surface area contributed by atoms with Gasteiger partial charge in [-0.2, -0.15) is 0 Å². The van der Waals surface area contributed by atoms with Gasteiger partial charge in [0.25, 0.3) is 0 Å². The number of aliphatic carboxylic acids is 2. The number of aliphatic hydroxyl groups excluding tert-OH is 2. The number of carboxylic acids is 2. The Bertz CT molecular complexity index is 144. The van der Waals surface area contributed by atoms with Crippen LogP contribution in [0.3, 0.4) is 0 Å². The van der Waals surface area contributed by atoms with E-state index in [0.717, 1.165) is 0 Å². The van der Waals surface area contributed by atoms with Crippen LogP contribution >= 0.6 is 12.4 Å². The zero-order valence-corrected chi connectivity index (χ0v) is 12.2. The Kier molecular flexibility index (Phi) is 11.5. The van der Waals surface area contributed by atoms with Crippen LogP contribution in [0.25, 0.3) is 0 Å².